The van der Waals surface area contributed by atoms with Crippen LogP contribution in [-0.2, 0) is 16.1 Å². The Morgan fingerprint density at radius 3 is 2.88 bits per heavy atom. The number of aliphatic carboxylic acids is 1. The minimum absolute atomic E-state index is 0. The number of nitrogens with zero attached hydrogens (tertiary/aromatic N) is 1. The van der Waals surface area contributed by atoms with E-state index in [9.17, 15) is 9.59 Å². The second-order valence-corrected chi connectivity index (χ2v) is 5.88. The van der Waals surface area contributed by atoms with Gasteiger partial charge in [0.05, 0.1) is 12.5 Å². The van der Waals surface area contributed by atoms with Crippen LogP contribution in [0.2, 0.25) is 0 Å². The SMILES string of the molecule is Cl.O=C(CN1CCCC(C(=O)O)C1)NCc1ccc2c(c1)OCO2. The van der Waals surface area contributed by atoms with Crippen molar-refractivity contribution >= 4 is 24.3 Å². The van der Waals surface area contributed by atoms with Gasteiger partial charge >= 0.3 is 5.97 Å². The number of piperidine rings is 1. The van der Waals surface area contributed by atoms with Crippen molar-refractivity contribution in [1.29, 1.82) is 0 Å². The van der Waals surface area contributed by atoms with Gasteiger partial charge in [-0.05, 0) is 37.1 Å². The molecule has 2 heterocycles. The minimum Gasteiger partial charge on any atom is -0.481 e. The molecule has 2 N–H and O–H groups in total. The highest BCUT2D eigenvalue weighted by atomic mass is 35.5. The Labute approximate surface area is 146 Å². The summed E-state index contributed by atoms with van der Waals surface area (Å²) >= 11 is 0. The molecule has 1 atom stereocenters. The monoisotopic (exact) mass is 356 g/mol. The first-order chi connectivity index (χ1) is 11.1. The summed E-state index contributed by atoms with van der Waals surface area (Å²) in [5.74, 6) is 0.153. The summed E-state index contributed by atoms with van der Waals surface area (Å²) < 4.78 is 10.5. The lowest BCUT2D eigenvalue weighted by Crippen LogP contribution is -2.44. The molecule has 0 spiro atoms. The van der Waals surface area contributed by atoms with Crippen molar-refractivity contribution in [1.82, 2.24) is 10.2 Å². The van der Waals surface area contributed by atoms with Crippen molar-refractivity contribution in [3.63, 3.8) is 0 Å². The predicted octanol–water partition coefficient (Wildman–Crippen LogP) is 1.25. The largest absolute Gasteiger partial charge is 0.481 e. The fourth-order valence-electron chi connectivity index (χ4n) is 2.91. The number of carbonyl (C=O) groups excluding carboxylic acids is 1. The van der Waals surface area contributed by atoms with E-state index in [0.717, 1.165) is 18.5 Å². The zero-order valence-corrected chi connectivity index (χ0v) is 14.0. The number of hydrogen-bond acceptors (Lipinski definition) is 5. The van der Waals surface area contributed by atoms with Crippen molar-refractivity contribution in [3.8, 4) is 11.5 Å². The zero-order chi connectivity index (χ0) is 16.2. The minimum atomic E-state index is -0.782. The number of rotatable bonds is 5. The van der Waals surface area contributed by atoms with Crippen LogP contribution in [0.1, 0.15) is 18.4 Å². The maximum absolute atomic E-state index is 12.0. The zero-order valence-electron chi connectivity index (χ0n) is 13.2. The van der Waals surface area contributed by atoms with Gasteiger partial charge in [0.1, 0.15) is 0 Å². The van der Waals surface area contributed by atoms with Gasteiger partial charge in [-0.15, -0.1) is 12.4 Å². The number of halogens is 1. The topological polar surface area (TPSA) is 88.1 Å². The molecule has 1 amide bonds. The van der Waals surface area contributed by atoms with E-state index >= 15 is 0 Å². The molecule has 3 rings (SSSR count). The molecule has 0 radical (unpaired) electrons. The molecule has 2 aliphatic heterocycles. The number of nitrogens with one attached hydrogen (secondary N) is 1. The van der Waals surface area contributed by atoms with E-state index in [1.54, 1.807) is 0 Å². The molecule has 0 bridgehead atoms. The molecule has 2 aliphatic rings. The van der Waals surface area contributed by atoms with E-state index in [4.69, 9.17) is 14.6 Å². The number of hydrogen-bond donors (Lipinski definition) is 2. The van der Waals surface area contributed by atoms with Gasteiger partial charge in [-0.1, -0.05) is 6.07 Å². The van der Waals surface area contributed by atoms with Crippen LogP contribution in [0.3, 0.4) is 0 Å². The van der Waals surface area contributed by atoms with Crippen LogP contribution in [-0.4, -0.2) is 48.3 Å². The van der Waals surface area contributed by atoms with Crippen LogP contribution >= 0.6 is 12.4 Å². The van der Waals surface area contributed by atoms with Crippen molar-refractivity contribution < 1.29 is 24.2 Å². The normalized spacial score (nSPS) is 19.4. The number of carboxylic acids is 1. The van der Waals surface area contributed by atoms with Crippen LogP contribution in [0, 0.1) is 5.92 Å². The molecule has 7 nitrogen and oxygen atoms in total. The average molecular weight is 357 g/mol. The van der Waals surface area contributed by atoms with E-state index in [0.29, 0.717) is 31.0 Å². The molecule has 132 valence electrons. The van der Waals surface area contributed by atoms with Gasteiger partial charge in [0, 0.05) is 13.1 Å². The van der Waals surface area contributed by atoms with Gasteiger partial charge in [0.2, 0.25) is 12.7 Å². The Morgan fingerprint density at radius 2 is 2.08 bits per heavy atom. The summed E-state index contributed by atoms with van der Waals surface area (Å²) in [7, 11) is 0. The van der Waals surface area contributed by atoms with Crippen molar-refractivity contribution in [2.45, 2.75) is 19.4 Å². The van der Waals surface area contributed by atoms with Gasteiger partial charge in [-0.3, -0.25) is 14.5 Å². The lowest BCUT2D eigenvalue weighted by Gasteiger charge is -2.29. The highest BCUT2D eigenvalue weighted by Gasteiger charge is 2.26. The average Bonchev–Trinajstić information content (AvgIpc) is 3.01. The number of fused-ring (bicyclic) bond motifs is 1. The van der Waals surface area contributed by atoms with Crippen LogP contribution in [0.5, 0.6) is 11.5 Å². The first-order valence-electron chi connectivity index (χ1n) is 7.72. The van der Waals surface area contributed by atoms with E-state index < -0.39 is 5.97 Å². The number of ether oxygens (including phenoxy) is 2. The summed E-state index contributed by atoms with van der Waals surface area (Å²) in [5.41, 5.74) is 0.935. The Morgan fingerprint density at radius 1 is 1.29 bits per heavy atom. The summed E-state index contributed by atoms with van der Waals surface area (Å²) in [6, 6.07) is 5.56. The smallest absolute Gasteiger partial charge is 0.307 e. The molecule has 0 aromatic heterocycles. The Bertz CT molecular complexity index is 610. The number of likely N-dealkylation sites (tertiary alicyclic amines) is 1. The van der Waals surface area contributed by atoms with Gasteiger partial charge in [0.15, 0.2) is 11.5 Å². The van der Waals surface area contributed by atoms with Gasteiger partial charge < -0.3 is 19.9 Å². The third-order valence-electron chi connectivity index (χ3n) is 4.15. The van der Waals surface area contributed by atoms with Crippen LogP contribution < -0.4 is 14.8 Å². The van der Waals surface area contributed by atoms with Crippen molar-refractivity contribution in [3.05, 3.63) is 23.8 Å². The number of benzene rings is 1. The Balaban J connectivity index is 0.00000208. The third-order valence-corrected chi connectivity index (χ3v) is 4.15. The lowest BCUT2D eigenvalue weighted by atomic mass is 9.98. The molecule has 0 saturated carbocycles. The van der Waals surface area contributed by atoms with Crippen molar-refractivity contribution in [2.75, 3.05) is 26.4 Å². The van der Waals surface area contributed by atoms with Crippen LogP contribution in [0.25, 0.3) is 0 Å². The van der Waals surface area contributed by atoms with Gasteiger partial charge in [-0.25, -0.2) is 0 Å². The molecule has 1 aromatic rings. The molecule has 1 fully saturated rings. The van der Waals surface area contributed by atoms with Crippen LogP contribution in [0.15, 0.2) is 18.2 Å². The van der Waals surface area contributed by atoms with E-state index in [1.807, 2.05) is 23.1 Å². The maximum Gasteiger partial charge on any atom is 0.307 e. The van der Waals surface area contributed by atoms with E-state index in [1.165, 1.54) is 0 Å². The molecule has 1 unspecified atom stereocenters. The molecular weight excluding hydrogens is 336 g/mol. The fraction of sp³-hybridized carbons (Fsp3) is 0.500. The first kappa shape index (κ1) is 18.4. The molecular formula is C16H21ClN2O5. The Hall–Kier alpha value is -1.99. The highest BCUT2D eigenvalue weighted by molar-refractivity contribution is 5.85. The molecule has 1 aromatic carbocycles. The maximum atomic E-state index is 12.0. The number of amides is 1. The second kappa shape index (κ2) is 8.21. The van der Waals surface area contributed by atoms with E-state index in [-0.39, 0.29) is 37.6 Å². The quantitative estimate of drug-likeness (QED) is 0.825. The van der Waals surface area contributed by atoms with Crippen LogP contribution in [0.4, 0.5) is 0 Å². The lowest BCUT2D eigenvalue weighted by molar-refractivity contribution is -0.144. The predicted molar refractivity (Wildman–Crippen MR) is 88.5 cm³/mol. The van der Waals surface area contributed by atoms with Crippen molar-refractivity contribution in [2.24, 2.45) is 5.92 Å². The second-order valence-electron chi connectivity index (χ2n) is 5.88. The van der Waals surface area contributed by atoms with Gasteiger partial charge in [-0.2, -0.15) is 0 Å². The standard InChI is InChI=1S/C16H20N2O5.ClH/c19-15(9-18-5-1-2-12(8-18)16(20)21)17-7-11-3-4-13-14(6-11)23-10-22-13;/h3-4,6,12H,1-2,5,7-10H2,(H,17,19)(H,20,21);1H. The summed E-state index contributed by atoms with van der Waals surface area (Å²) in [5, 5.41) is 11.9. The summed E-state index contributed by atoms with van der Waals surface area (Å²) in [6.07, 6.45) is 1.50. The Kier molecular flexibility index (Phi) is 6.28. The van der Waals surface area contributed by atoms with Gasteiger partial charge in [0.25, 0.3) is 0 Å². The number of carboxylic acid groups (broad SMARTS) is 1. The molecule has 0 aliphatic carbocycles. The third kappa shape index (κ3) is 4.52. The summed E-state index contributed by atoms with van der Waals surface area (Å²) in [6.45, 7) is 2.07. The number of carbonyl (C=O) groups is 2. The molecule has 8 heteroatoms. The van der Waals surface area contributed by atoms with E-state index in [2.05, 4.69) is 5.32 Å². The molecule has 1 saturated heterocycles. The first-order valence-corrected chi connectivity index (χ1v) is 7.72. The summed E-state index contributed by atoms with van der Waals surface area (Å²) in [4.78, 5) is 25.0. The molecule has 24 heavy (non-hydrogen) atoms. The highest BCUT2D eigenvalue weighted by Crippen LogP contribution is 2.32. The fourth-order valence-corrected chi connectivity index (χ4v) is 2.91.